The minimum absolute atomic E-state index is 0.0508. The second-order valence-electron chi connectivity index (χ2n) is 11.9. The van der Waals surface area contributed by atoms with Crippen molar-refractivity contribution in [2.75, 3.05) is 13.9 Å². The van der Waals surface area contributed by atoms with E-state index in [-0.39, 0.29) is 18.3 Å². The molecule has 180 valence electrons. The van der Waals surface area contributed by atoms with E-state index in [2.05, 4.69) is 19.9 Å². The molecule has 1 aromatic carbocycles. The summed E-state index contributed by atoms with van der Waals surface area (Å²) in [6.07, 6.45) is 10.5. The van der Waals surface area contributed by atoms with Gasteiger partial charge in [-0.3, -0.25) is 0 Å². The van der Waals surface area contributed by atoms with Gasteiger partial charge in [0.25, 0.3) is 0 Å². The highest BCUT2D eigenvalue weighted by molar-refractivity contribution is 5.65. The van der Waals surface area contributed by atoms with Crippen LogP contribution >= 0.6 is 0 Å². The lowest BCUT2D eigenvalue weighted by Crippen LogP contribution is -2.54. The Bertz CT molecular complexity index is 971. The molecule has 0 aromatic heterocycles. The van der Waals surface area contributed by atoms with Crippen molar-refractivity contribution in [3.8, 4) is 17.2 Å². The minimum Gasteiger partial charge on any atom is -0.493 e. The Morgan fingerprint density at radius 3 is 2.64 bits per heavy atom. The summed E-state index contributed by atoms with van der Waals surface area (Å²) < 4.78 is 16.7. The maximum absolute atomic E-state index is 11.6. The highest BCUT2D eigenvalue weighted by atomic mass is 16.7. The topological polar surface area (TPSA) is 68.2 Å². The molecule has 33 heavy (non-hydrogen) atoms. The Kier molecular flexibility index (Phi) is 5.05. The number of rotatable bonds is 2. The number of aliphatic hydroxyl groups excluding tert-OH is 2. The van der Waals surface area contributed by atoms with Crippen molar-refractivity contribution < 1.29 is 24.4 Å². The Labute approximate surface area is 197 Å². The van der Waals surface area contributed by atoms with Crippen LogP contribution in [0, 0.1) is 34.5 Å². The Morgan fingerprint density at radius 2 is 1.82 bits per heavy atom. The first-order valence-electron chi connectivity index (χ1n) is 12.9. The fourth-order valence-electron chi connectivity index (χ4n) is 8.68. The third-order valence-corrected chi connectivity index (χ3v) is 10.5. The third-order valence-electron chi connectivity index (χ3n) is 10.5. The fourth-order valence-corrected chi connectivity index (χ4v) is 8.68. The van der Waals surface area contributed by atoms with Crippen molar-refractivity contribution in [2.24, 2.45) is 34.5 Å². The predicted octanol–water partition coefficient (Wildman–Crippen LogP) is 5.18. The SMILES string of the molecule is COc1cc(/C=C2\C[C@H]3[C@@H]4CC[C@@H]5C[C@H](O)CC[C@]5(C)[C@H]4CC[C@]3(C)[C@H]2O)cc2c1OCO2. The summed E-state index contributed by atoms with van der Waals surface area (Å²) in [7, 11) is 1.65. The zero-order valence-corrected chi connectivity index (χ0v) is 20.2. The van der Waals surface area contributed by atoms with E-state index in [9.17, 15) is 10.2 Å². The van der Waals surface area contributed by atoms with Crippen molar-refractivity contribution in [1.29, 1.82) is 0 Å². The lowest BCUT2D eigenvalue weighted by molar-refractivity contribution is -0.133. The van der Waals surface area contributed by atoms with E-state index in [1.54, 1.807) is 7.11 Å². The van der Waals surface area contributed by atoms with Gasteiger partial charge in [-0.1, -0.05) is 19.9 Å². The van der Waals surface area contributed by atoms with Crippen LogP contribution in [0.3, 0.4) is 0 Å². The van der Waals surface area contributed by atoms with Crippen LogP contribution in [0.4, 0.5) is 0 Å². The van der Waals surface area contributed by atoms with Gasteiger partial charge >= 0.3 is 0 Å². The molecule has 0 radical (unpaired) electrons. The van der Waals surface area contributed by atoms with Gasteiger partial charge in [0.1, 0.15) is 0 Å². The molecule has 0 amide bonds. The first-order valence-corrected chi connectivity index (χ1v) is 12.9. The van der Waals surface area contributed by atoms with Gasteiger partial charge in [-0.25, -0.2) is 0 Å². The molecule has 2 N–H and O–H groups in total. The third kappa shape index (κ3) is 3.18. The van der Waals surface area contributed by atoms with Crippen LogP contribution in [0.1, 0.15) is 70.8 Å². The highest BCUT2D eigenvalue weighted by Gasteiger charge is 2.61. The molecule has 5 heteroatoms. The number of hydrogen-bond acceptors (Lipinski definition) is 5. The van der Waals surface area contributed by atoms with Gasteiger partial charge < -0.3 is 24.4 Å². The van der Waals surface area contributed by atoms with Crippen LogP contribution < -0.4 is 14.2 Å². The number of hydrogen-bond donors (Lipinski definition) is 2. The predicted molar refractivity (Wildman–Crippen MR) is 126 cm³/mol. The summed E-state index contributed by atoms with van der Waals surface area (Å²) in [6.45, 7) is 5.07. The standard InChI is InChI=1S/C28H38O5/c1-27-8-6-19(29)14-18(27)4-5-20-21(27)7-9-28(2)22(20)13-17(26(28)30)10-16-11-23(31-3)25-24(12-16)32-15-33-25/h10-12,18-22,26,29-30H,4-9,13-15H2,1-3H3/b17-10+/t18-,19-,20-,21+,22+,26+,27+,28+/m1/s1. The first kappa shape index (κ1) is 21.8. The first-order chi connectivity index (χ1) is 15.8. The largest absolute Gasteiger partial charge is 0.493 e. The van der Waals surface area contributed by atoms with E-state index in [1.165, 1.54) is 19.3 Å². The Hall–Kier alpha value is -1.72. The summed E-state index contributed by atoms with van der Waals surface area (Å²) in [5.41, 5.74) is 2.45. The molecule has 0 unspecified atom stereocenters. The van der Waals surface area contributed by atoms with E-state index in [0.29, 0.717) is 40.4 Å². The Morgan fingerprint density at radius 1 is 1.00 bits per heavy atom. The summed E-state index contributed by atoms with van der Waals surface area (Å²) in [5, 5.41) is 21.8. The molecule has 0 spiro atoms. The lowest BCUT2D eigenvalue weighted by atomic mass is 9.45. The molecule has 5 aliphatic rings. The maximum atomic E-state index is 11.6. The molecule has 4 aliphatic carbocycles. The zero-order valence-electron chi connectivity index (χ0n) is 20.2. The summed E-state index contributed by atoms with van der Waals surface area (Å²) in [5.74, 6) is 4.64. The van der Waals surface area contributed by atoms with E-state index in [4.69, 9.17) is 14.2 Å². The number of benzene rings is 1. The monoisotopic (exact) mass is 454 g/mol. The van der Waals surface area contributed by atoms with Crippen LogP contribution in [0.25, 0.3) is 6.08 Å². The van der Waals surface area contributed by atoms with Gasteiger partial charge in [0.15, 0.2) is 11.5 Å². The average molecular weight is 455 g/mol. The molecule has 6 rings (SSSR count). The van der Waals surface area contributed by atoms with Gasteiger partial charge in [0.2, 0.25) is 12.5 Å². The van der Waals surface area contributed by atoms with Crippen molar-refractivity contribution in [3.05, 3.63) is 23.3 Å². The molecule has 4 fully saturated rings. The quantitative estimate of drug-likeness (QED) is 0.644. The molecular formula is C28H38O5. The summed E-state index contributed by atoms with van der Waals surface area (Å²) in [6, 6.07) is 3.98. The maximum Gasteiger partial charge on any atom is 0.231 e. The van der Waals surface area contributed by atoms with Crippen molar-refractivity contribution in [2.45, 2.75) is 77.4 Å². The molecule has 5 nitrogen and oxygen atoms in total. The molecule has 1 heterocycles. The van der Waals surface area contributed by atoms with Crippen LogP contribution in [-0.4, -0.2) is 36.3 Å². The normalized spacial score (nSPS) is 44.8. The second kappa shape index (κ2) is 7.64. The second-order valence-corrected chi connectivity index (χ2v) is 11.9. The van der Waals surface area contributed by atoms with Crippen molar-refractivity contribution in [3.63, 3.8) is 0 Å². The lowest BCUT2D eigenvalue weighted by Gasteiger charge is -2.60. The van der Waals surface area contributed by atoms with Gasteiger partial charge in [-0.2, -0.15) is 0 Å². The molecule has 1 aromatic rings. The minimum atomic E-state index is -0.404. The van der Waals surface area contributed by atoms with Gasteiger partial charge in [-0.15, -0.1) is 0 Å². The van der Waals surface area contributed by atoms with Gasteiger partial charge in [0.05, 0.1) is 19.3 Å². The molecule has 1 aliphatic heterocycles. The van der Waals surface area contributed by atoms with Crippen molar-refractivity contribution in [1.82, 2.24) is 0 Å². The average Bonchev–Trinajstić information content (AvgIpc) is 3.37. The molecule has 4 saturated carbocycles. The number of aliphatic hydroxyl groups is 2. The zero-order chi connectivity index (χ0) is 23.0. The van der Waals surface area contributed by atoms with E-state index in [1.807, 2.05) is 12.1 Å². The number of methoxy groups -OCH3 is 1. The van der Waals surface area contributed by atoms with E-state index < -0.39 is 6.10 Å². The molecule has 8 atom stereocenters. The summed E-state index contributed by atoms with van der Waals surface area (Å²) >= 11 is 0. The molecule has 0 bridgehead atoms. The van der Waals surface area contributed by atoms with Gasteiger partial charge in [0, 0.05) is 5.41 Å². The van der Waals surface area contributed by atoms with Crippen molar-refractivity contribution >= 4 is 6.08 Å². The Balaban J connectivity index is 1.30. The van der Waals surface area contributed by atoms with E-state index >= 15 is 0 Å². The molecule has 0 saturated heterocycles. The van der Waals surface area contributed by atoms with E-state index in [0.717, 1.165) is 49.2 Å². The number of fused-ring (bicyclic) bond motifs is 6. The molecular weight excluding hydrogens is 416 g/mol. The van der Waals surface area contributed by atoms with Gasteiger partial charge in [-0.05, 0) is 104 Å². The number of ether oxygens (including phenoxy) is 3. The highest BCUT2D eigenvalue weighted by Crippen LogP contribution is 2.67. The van der Waals surface area contributed by atoms with Crippen LogP contribution in [0.15, 0.2) is 17.7 Å². The van der Waals surface area contributed by atoms with Crippen LogP contribution in [-0.2, 0) is 0 Å². The summed E-state index contributed by atoms with van der Waals surface area (Å²) in [4.78, 5) is 0. The fraction of sp³-hybridized carbons (Fsp3) is 0.714. The van der Waals surface area contributed by atoms with Crippen LogP contribution in [0.2, 0.25) is 0 Å². The van der Waals surface area contributed by atoms with Crippen LogP contribution in [0.5, 0.6) is 17.2 Å². The smallest absolute Gasteiger partial charge is 0.231 e.